The minimum absolute atomic E-state index is 0.0514. The molecule has 0 atom stereocenters. The maximum absolute atomic E-state index is 15.5. The molecule has 5 aromatic rings. The van der Waals surface area contributed by atoms with Crippen molar-refractivity contribution < 1.29 is 28.2 Å². The molecule has 52 heavy (non-hydrogen) atoms. The van der Waals surface area contributed by atoms with E-state index < -0.39 is 24.1 Å². The van der Waals surface area contributed by atoms with Crippen molar-refractivity contribution in [3.8, 4) is 28.3 Å². The van der Waals surface area contributed by atoms with Gasteiger partial charge in [0.05, 0.1) is 43.4 Å². The number of fused-ring (bicyclic) bond motifs is 2. The summed E-state index contributed by atoms with van der Waals surface area (Å²) in [5.41, 5.74) is 5.35. The van der Waals surface area contributed by atoms with E-state index in [1.807, 2.05) is 18.3 Å². The minimum Gasteiger partial charge on any atom is -0.491 e. The third kappa shape index (κ3) is 6.34. The van der Waals surface area contributed by atoms with E-state index in [0.29, 0.717) is 33.6 Å². The van der Waals surface area contributed by atoms with Gasteiger partial charge in [-0.3, -0.25) is 14.7 Å². The van der Waals surface area contributed by atoms with Gasteiger partial charge in [-0.05, 0) is 83.5 Å². The fourth-order valence-electron chi connectivity index (χ4n) is 7.78. The van der Waals surface area contributed by atoms with Crippen molar-refractivity contribution in [2.24, 2.45) is 5.92 Å². The molecule has 0 unspecified atom stereocenters. The van der Waals surface area contributed by atoms with Crippen molar-refractivity contribution in [1.82, 2.24) is 24.8 Å². The van der Waals surface area contributed by atoms with Crippen LogP contribution in [0.25, 0.3) is 33.5 Å². The maximum Gasteiger partial charge on any atom is 0.265 e. The highest BCUT2D eigenvalue weighted by Gasteiger charge is 2.33. The van der Waals surface area contributed by atoms with Crippen LogP contribution in [0, 0.1) is 17.6 Å². The average Bonchev–Trinajstić information content (AvgIpc) is 3.92. The minimum atomic E-state index is -0.663. The number of aliphatic hydroxyl groups is 1. The normalized spacial score (nSPS) is 18.7. The Labute approximate surface area is 300 Å². The van der Waals surface area contributed by atoms with Crippen molar-refractivity contribution in [3.63, 3.8) is 0 Å². The Morgan fingerprint density at radius 1 is 0.923 bits per heavy atom. The molecule has 268 valence electrons. The van der Waals surface area contributed by atoms with Crippen LogP contribution in [0.3, 0.4) is 0 Å². The second-order valence-electron chi connectivity index (χ2n) is 14.4. The Morgan fingerprint density at radius 3 is 2.48 bits per heavy atom. The van der Waals surface area contributed by atoms with Crippen molar-refractivity contribution in [2.45, 2.75) is 31.9 Å². The zero-order valence-electron chi connectivity index (χ0n) is 28.8. The van der Waals surface area contributed by atoms with Crippen LogP contribution < -0.4 is 9.64 Å². The first-order valence-corrected chi connectivity index (χ1v) is 18.1. The number of carbonyl (C=O) groups excluding carboxylic acids is 1. The molecule has 2 aromatic carbocycles. The lowest BCUT2D eigenvalue weighted by molar-refractivity contribution is -0.0513. The van der Waals surface area contributed by atoms with Gasteiger partial charge in [0.1, 0.15) is 35.2 Å². The van der Waals surface area contributed by atoms with Crippen molar-refractivity contribution in [3.05, 3.63) is 94.8 Å². The first-order chi connectivity index (χ1) is 25.4. The van der Waals surface area contributed by atoms with E-state index in [4.69, 9.17) is 14.5 Å². The van der Waals surface area contributed by atoms with E-state index in [0.717, 1.165) is 87.8 Å². The largest absolute Gasteiger partial charge is 0.491 e. The molecular weight excluding hydrogens is 666 g/mol. The lowest BCUT2D eigenvalue weighted by atomic mass is 9.95. The Balaban J connectivity index is 0.979. The number of halogens is 2. The fourth-order valence-corrected chi connectivity index (χ4v) is 7.78. The quantitative estimate of drug-likeness (QED) is 0.200. The van der Waals surface area contributed by atoms with Gasteiger partial charge in [-0.25, -0.2) is 13.8 Å². The van der Waals surface area contributed by atoms with Crippen LogP contribution in [0.15, 0.2) is 60.9 Å². The molecular formula is C40H40F2N6O4. The molecule has 2 N–H and O–H groups in total. The van der Waals surface area contributed by atoms with Gasteiger partial charge < -0.3 is 29.4 Å². The van der Waals surface area contributed by atoms with Gasteiger partial charge in [-0.2, -0.15) is 0 Å². The lowest BCUT2D eigenvalue weighted by Crippen LogP contribution is -2.49. The van der Waals surface area contributed by atoms with Gasteiger partial charge in [-0.1, -0.05) is 6.07 Å². The number of hydrogen-bond donors (Lipinski definition) is 2. The van der Waals surface area contributed by atoms with Crippen molar-refractivity contribution in [1.29, 1.82) is 0 Å². The number of ether oxygens (including phenoxy) is 2. The Morgan fingerprint density at radius 2 is 1.75 bits per heavy atom. The van der Waals surface area contributed by atoms with Gasteiger partial charge in [-0.15, -0.1) is 0 Å². The Bertz CT molecular complexity index is 2140. The molecule has 1 saturated carbocycles. The van der Waals surface area contributed by atoms with E-state index >= 15 is 8.78 Å². The summed E-state index contributed by atoms with van der Waals surface area (Å²) in [6.07, 6.45) is 5.49. The van der Waals surface area contributed by atoms with E-state index in [1.54, 1.807) is 18.3 Å². The molecule has 9 rings (SSSR count). The number of aromatic amines is 1. The second kappa shape index (κ2) is 13.7. The zero-order valence-corrected chi connectivity index (χ0v) is 28.8. The number of nitrogens with zero attached hydrogens (tertiary/aromatic N) is 5. The number of aliphatic hydroxyl groups excluding tert-OH is 1. The molecule has 0 radical (unpaired) electrons. The second-order valence-corrected chi connectivity index (χ2v) is 14.4. The molecule has 12 heteroatoms. The summed E-state index contributed by atoms with van der Waals surface area (Å²) in [7, 11) is 0. The molecule has 4 aliphatic rings. The SMILES string of the molecule is O=C1c2c(F)cc(C3CC3)cc2OCCN1c1cc(F)cc(-c2ccnc3[nH]c(-c4ccc(CN5CCN(CC6COC6)CC5)cn4)cc23)c1CO. The maximum atomic E-state index is 15.5. The van der Waals surface area contributed by atoms with Gasteiger partial charge >= 0.3 is 0 Å². The monoisotopic (exact) mass is 706 g/mol. The molecule has 1 amide bonds. The lowest BCUT2D eigenvalue weighted by Gasteiger charge is -2.38. The predicted molar refractivity (Wildman–Crippen MR) is 192 cm³/mol. The molecule has 3 aromatic heterocycles. The van der Waals surface area contributed by atoms with Gasteiger partial charge in [0.25, 0.3) is 5.91 Å². The highest BCUT2D eigenvalue weighted by molar-refractivity contribution is 6.09. The van der Waals surface area contributed by atoms with Gasteiger partial charge in [0.15, 0.2) is 0 Å². The van der Waals surface area contributed by atoms with E-state index in [-0.39, 0.29) is 36.1 Å². The van der Waals surface area contributed by atoms with Crippen molar-refractivity contribution >= 4 is 22.6 Å². The Hall–Kier alpha value is -4.75. The molecule has 3 fully saturated rings. The first-order valence-electron chi connectivity index (χ1n) is 18.1. The van der Waals surface area contributed by atoms with E-state index in [2.05, 4.69) is 25.8 Å². The number of benzene rings is 2. The van der Waals surface area contributed by atoms with Gasteiger partial charge in [0.2, 0.25) is 0 Å². The molecule has 10 nitrogen and oxygen atoms in total. The number of rotatable bonds is 9. The van der Waals surface area contributed by atoms with Crippen molar-refractivity contribution in [2.75, 3.05) is 64.0 Å². The summed E-state index contributed by atoms with van der Waals surface area (Å²) in [5, 5.41) is 11.4. The van der Waals surface area contributed by atoms with Crippen LogP contribution in [0.1, 0.15) is 45.8 Å². The molecule has 3 aliphatic heterocycles. The third-order valence-electron chi connectivity index (χ3n) is 10.8. The highest BCUT2D eigenvalue weighted by atomic mass is 19.1. The predicted octanol–water partition coefficient (Wildman–Crippen LogP) is 5.74. The van der Waals surface area contributed by atoms with Gasteiger partial charge in [0, 0.05) is 68.5 Å². The summed E-state index contributed by atoms with van der Waals surface area (Å²) in [4.78, 5) is 32.9. The number of nitrogens with one attached hydrogen (secondary N) is 1. The molecule has 2 saturated heterocycles. The Kier molecular flexibility index (Phi) is 8.70. The van der Waals surface area contributed by atoms with Crippen LogP contribution >= 0.6 is 0 Å². The molecule has 6 heterocycles. The smallest absolute Gasteiger partial charge is 0.265 e. The molecule has 0 bridgehead atoms. The number of anilines is 1. The number of amides is 1. The number of aromatic nitrogens is 3. The highest BCUT2D eigenvalue weighted by Crippen LogP contribution is 2.44. The first kappa shape index (κ1) is 33.1. The van der Waals surface area contributed by atoms with E-state index in [1.165, 1.54) is 23.1 Å². The number of pyridine rings is 2. The fraction of sp³-hybridized carbons (Fsp3) is 0.375. The number of H-pyrrole nitrogens is 1. The third-order valence-corrected chi connectivity index (χ3v) is 10.8. The molecule has 0 spiro atoms. The van der Waals surface area contributed by atoms with Crippen LogP contribution in [0.4, 0.5) is 14.5 Å². The summed E-state index contributed by atoms with van der Waals surface area (Å²) in [6.45, 7) is 7.56. The zero-order chi connectivity index (χ0) is 35.3. The number of carbonyl (C=O) groups is 1. The number of piperazine rings is 1. The van der Waals surface area contributed by atoms with E-state index in [9.17, 15) is 9.90 Å². The molecule has 1 aliphatic carbocycles. The number of hydrogen-bond acceptors (Lipinski definition) is 8. The standard InChI is InChI=1S/C40H40F2N6O4/c41-28-15-30(32(21-49)36(16-28)48-11-12-52-37-14-27(26-2-3-26)13-33(42)38(37)40(48)50)29-5-6-43-39-31(29)17-35(45-39)34-4-1-24(18-44-34)19-46-7-9-47(10-8-46)20-25-22-51-23-25/h1,4-6,13-18,25-26,49H,2-3,7-12,19-23H2,(H,43,45). The average molecular weight is 707 g/mol. The summed E-state index contributed by atoms with van der Waals surface area (Å²) in [5.74, 6) is -0.748. The topological polar surface area (TPSA) is 107 Å². The van der Waals surface area contributed by atoms with Crippen LogP contribution in [-0.2, 0) is 17.9 Å². The van der Waals surface area contributed by atoms with Crippen LogP contribution in [0.5, 0.6) is 5.75 Å². The summed E-state index contributed by atoms with van der Waals surface area (Å²) in [6, 6.07) is 13.5. The van der Waals surface area contributed by atoms with Crippen LogP contribution in [0.2, 0.25) is 0 Å². The summed E-state index contributed by atoms with van der Waals surface area (Å²) < 4.78 is 42.2. The van der Waals surface area contributed by atoms with Crippen LogP contribution in [-0.4, -0.2) is 94.9 Å². The summed E-state index contributed by atoms with van der Waals surface area (Å²) >= 11 is 0.